The van der Waals surface area contributed by atoms with Gasteiger partial charge in [0.15, 0.2) is 0 Å². The summed E-state index contributed by atoms with van der Waals surface area (Å²) in [7, 11) is 0. The van der Waals surface area contributed by atoms with Crippen LogP contribution >= 0.6 is 0 Å². The minimum absolute atomic E-state index is 0.00878. The van der Waals surface area contributed by atoms with Gasteiger partial charge in [-0.3, -0.25) is 15.1 Å². The molecule has 0 radical (unpaired) electrons. The lowest BCUT2D eigenvalue weighted by Crippen LogP contribution is -2.44. The monoisotopic (exact) mass is 333 g/mol. The lowest BCUT2D eigenvalue weighted by molar-refractivity contribution is -0.126. The molecule has 1 aliphatic heterocycles. The number of amides is 1. The van der Waals surface area contributed by atoms with E-state index in [9.17, 15) is 4.79 Å². The molecule has 134 valence electrons. The number of nitrogens with zero attached hydrogens (tertiary/aromatic N) is 1. The zero-order chi connectivity index (χ0) is 17.2. The van der Waals surface area contributed by atoms with E-state index in [0.29, 0.717) is 0 Å². The molecule has 0 bridgehead atoms. The van der Waals surface area contributed by atoms with Gasteiger partial charge in [-0.2, -0.15) is 0 Å². The topological polar surface area (TPSA) is 67.6 Å². The molecular formula is C19H31N3O2. The summed E-state index contributed by atoms with van der Waals surface area (Å²) in [4.78, 5) is 14.0. The number of piperidine rings is 1. The molecule has 24 heavy (non-hydrogen) atoms. The second-order valence-corrected chi connectivity index (χ2v) is 6.64. The highest BCUT2D eigenvalue weighted by atomic mass is 16.5. The van der Waals surface area contributed by atoms with Crippen LogP contribution in [-0.4, -0.2) is 30.5 Å². The molecule has 0 saturated carbocycles. The molecule has 1 aromatic rings. The predicted molar refractivity (Wildman–Crippen MR) is 96.4 cm³/mol. The second-order valence-electron chi connectivity index (χ2n) is 6.64. The Morgan fingerprint density at radius 2 is 2.08 bits per heavy atom. The van der Waals surface area contributed by atoms with Crippen LogP contribution in [0.2, 0.25) is 0 Å². The summed E-state index contributed by atoms with van der Waals surface area (Å²) < 4.78 is 5.78. The summed E-state index contributed by atoms with van der Waals surface area (Å²) in [5.74, 6) is 6.15. The molecule has 1 atom stereocenters. The Balaban J connectivity index is 1.75. The van der Waals surface area contributed by atoms with Gasteiger partial charge in [0.05, 0.1) is 12.5 Å². The Morgan fingerprint density at radius 3 is 2.79 bits per heavy atom. The third-order valence-corrected chi connectivity index (χ3v) is 4.61. The zero-order valence-corrected chi connectivity index (χ0v) is 14.8. The minimum Gasteiger partial charge on any atom is -0.494 e. The average molecular weight is 333 g/mol. The molecule has 2 rings (SSSR count). The molecule has 1 heterocycles. The van der Waals surface area contributed by atoms with E-state index >= 15 is 0 Å². The highest BCUT2D eigenvalue weighted by Gasteiger charge is 2.25. The van der Waals surface area contributed by atoms with Crippen molar-refractivity contribution in [3.8, 4) is 5.75 Å². The number of hydrogen-bond donors (Lipinski definition) is 2. The van der Waals surface area contributed by atoms with Crippen LogP contribution in [-0.2, 0) is 11.3 Å². The Hall–Kier alpha value is -1.59. The largest absolute Gasteiger partial charge is 0.494 e. The van der Waals surface area contributed by atoms with Crippen molar-refractivity contribution in [3.63, 3.8) is 0 Å². The van der Waals surface area contributed by atoms with E-state index < -0.39 is 0 Å². The minimum atomic E-state index is -0.0495. The number of rotatable bonds is 9. The van der Waals surface area contributed by atoms with Gasteiger partial charge in [-0.25, -0.2) is 5.84 Å². The Bertz CT molecular complexity index is 490. The van der Waals surface area contributed by atoms with Gasteiger partial charge in [-0.05, 0) is 43.5 Å². The van der Waals surface area contributed by atoms with Crippen molar-refractivity contribution in [3.05, 3.63) is 29.8 Å². The molecule has 5 nitrogen and oxygen atoms in total. The smallest absolute Gasteiger partial charge is 0.238 e. The summed E-state index contributed by atoms with van der Waals surface area (Å²) in [6, 6.07) is 8.33. The van der Waals surface area contributed by atoms with E-state index in [-0.39, 0.29) is 11.8 Å². The number of hydrazine groups is 1. The number of carbonyl (C=O) groups is 1. The summed E-state index contributed by atoms with van der Waals surface area (Å²) >= 11 is 0. The van der Waals surface area contributed by atoms with Gasteiger partial charge < -0.3 is 4.74 Å². The van der Waals surface area contributed by atoms with Crippen LogP contribution in [0.5, 0.6) is 5.75 Å². The van der Waals surface area contributed by atoms with Gasteiger partial charge in [0.1, 0.15) is 5.75 Å². The van der Waals surface area contributed by atoms with Crippen LogP contribution in [0.3, 0.4) is 0 Å². The van der Waals surface area contributed by atoms with Gasteiger partial charge in [0.2, 0.25) is 5.91 Å². The fourth-order valence-electron chi connectivity index (χ4n) is 3.20. The van der Waals surface area contributed by atoms with Crippen LogP contribution in [0.4, 0.5) is 0 Å². The SMILES string of the molecule is CCCCCCOc1ccc(CN2CCCC(C(=O)NN)C2)cc1. The molecule has 0 aliphatic carbocycles. The van der Waals surface area contributed by atoms with Gasteiger partial charge >= 0.3 is 0 Å². The van der Waals surface area contributed by atoms with Crippen molar-refractivity contribution < 1.29 is 9.53 Å². The zero-order valence-electron chi connectivity index (χ0n) is 14.8. The maximum Gasteiger partial charge on any atom is 0.238 e. The molecule has 1 aromatic carbocycles. The summed E-state index contributed by atoms with van der Waals surface area (Å²) in [5.41, 5.74) is 3.53. The first-order valence-corrected chi connectivity index (χ1v) is 9.17. The van der Waals surface area contributed by atoms with E-state index in [1.165, 1.54) is 24.8 Å². The highest BCUT2D eigenvalue weighted by Crippen LogP contribution is 2.20. The first kappa shape index (κ1) is 18.7. The number of nitrogens with one attached hydrogen (secondary N) is 1. The highest BCUT2D eigenvalue weighted by molar-refractivity contribution is 5.78. The Kier molecular flexibility index (Phi) is 8.05. The van der Waals surface area contributed by atoms with E-state index in [4.69, 9.17) is 10.6 Å². The molecule has 3 N–H and O–H groups in total. The van der Waals surface area contributed by atoms with Crippen molar-refractivity contribution in [1.82, 2.24) is 10.3 Å². The molecule has 1 fully saturated rings. The average Bonchev–Trinajstić information content (AvgIpc) is 2.62. The molecule has 5 heteroatoms. The fraction of sp³-hybridized carbons (Fsp3) is 0.632. The maximum atomic E-state index is 11.7. The third kappa shape index (κ3) is 6.13. The number of unbranched alkanes of at least 4 members (excludes halogenated alkanes) is 3. The molecule has 1 aliphatic rings. The van der Waals surface area contributed by atoms with E-state index in [1.807, 2.05) is 12.1 Å². The number of benzene rings is 1. The normalized spacial score (nSPS) is 18.3. The Labute approximate surface area is 145 Å². The van der Waals surface area contributed by atoms with Crippen molar-refractivity contribution in [2.24, 2.45) is 11.8 Å². The maximum absolute atomic E-state index is 11.7. The summed E-state index contributed by atoms with van der Waals surface area (Å²) in [6.07, 6.45) is 6.84. The lowest BCUT2D eigenvalue weighted by Gasteiger charge is -2.31. The molecule has 0 spiro atoms. The van der Waals surface area contributed by atoms with Crippen LogP contribution in [0.1, 0.15) is 51.0 Å². The van der Waals surface area contributed by atoms with Crippen LogP contribution in [0.15, 0.2) is 24.3 Å². The molecule has 1 unspecified atom stereocenters. The van der Waals surface area contributed by atoms with Crippen molar-refractivity contribution in [2.75, 3.05) is 19.7 Å². The van der Waals surface area contributed by atoms with Gasteiger partial charge in [-0.1, -0.05) is 38.3 Å². The first-order chi connectivity index (χ1) is 11.7. The standard InChI is InChI=1S/C19H31N3O2/c1-2-3-4-5-13-24-18-10-8-16(9-11-18)14-22-12-6-7-17(15-22)19(23)21-20/h8-11,17H,2-7,12-15,20H2,1H3,(H,21,23). The van der Waals surface area contributed by atoms with E-state index in [0.717, 1.165) is 51.3 Å². The summed E-state index contributed by atoms with van der Waals surface area (Å²) in [5, 5.41) is 0. The molecular weight excluding hydrogens is 302 g/mol. The van der Waals surface area contributed by atoms with Crippen molar-refractivity contribution in [1.29, 1.82) is 0 Å². The lowest BCUT2D eigenvalue weighted by atomic mass is 9.97. The first-order valence-electron chi connectivity index (χ1n) is 9.17. The van der Waals surface area contributed by atoms with E-state index in [2.05, 4.69) is 29.4 Å². The van der Waals surface area contributed by atoms with Gasteiger partial charge in [0.25, 0.3) is 0 Å². The molecule has 1 amide bonds. The van der Waals surface area contributed by atoms with Crippen LogP contribution in [0, 0.1) is 5.92 Å². The Morgan fingerprint density at radius 1 is 1.29 bits per heavy atom. The predicted octanol–water partition coefficient (Wildman–Crippen LogP) is 2.85. The van der Waals surface area contributed by atoms with Crippen LogP contribution < -0.4 is 16.0 Å². The van der Waals surface area contributed by atoms with Crippen LogP contribution in [0.25, 0.3) is 0 Å². The van der Waals surface area contributed by atoms with E-state index in [1.54, 1.807) is 0 Å². The number of ether oxygens (including phenoxy) is 1. The number of likely N-dealkylation sites (tertiary alicyclic amines) is 1. The van der Waals surface area contributed by atoms with Crippen molar-refractivity contribution >= 4 is 5.91 Å². The fourth-order valence-corrected chi connectivity index (χ4v) is 3.20. The van der Waals surface area contributed by atoms with Gasteiger partial charge in [-0.15, -0.1) is 0 Å². The number of hydrogen-bond acceptors (Lipinski definition) is 4. The molecule has 0 aromatic heterocycles. The number of nitrogens with two attached hydrogens (primary N) is 1. The quantitative estimate of drug-likeness (QED) is 0.316. The van der Waals surface area contributed by atoms with Gasteiger partial charge in [0, 0.05) is 13.1 Å². The molecule has 1 saturated heterocycles. The third-order valence-electron chi connectivity index (χ3n) is 4.61. The second kappa shape index (κ2) is 10.3. The number of carbonyl (C=O) groups excluding carboxylic acids is 1. The summed E-state index contributed by atoms with van der Waals surface area (Å²) in [6.45, 7) is 5.68. The van der Waals surface area contributed by atoms with Crippen molar-refractivity contribution in [2.45, 2.75) is 52.0 Å².